The summed E-state index contributed by atoms with van der Waals surface area (Å²) >= 11 is 4.97. The maximum absolute atomic E-state index is 13.0. The van der Waals surface area contributed by atoms with Crippen LogP contribution in [0.3, 0.4) is 0 Å². The SMILES string of the molecule is NC(=S)c1ccc(CC(NC(=O)OCc2ccccc2)C(=O)NCC(=O)NCCC(=O)OCc2ccccc2)cc1. The number of carbonyl (C=O) groups is 4. The number of amides is 3. The number of thiocarbonyl (C=S) groups is 1. The largest absolute Gasteiger partial charge is 0.461 e. The number of nitrogens with one attached hydrogen (secondary N) is 3. The highest BCUT2D eigenvalue weighted by atomic mass is 32.1. The van der Waals surface area contributed by atoms with Gasteiger partial charge in [-0.2, -0.15) is 0 Å². The maximum atomic E-state index is 13.0. The van der Waals surface area contributed by atoms with Gasteiger partial charge in [0.1, 0.15) is 24.2 Å². The third-order valence-electron chi connectivity index (χ3n) is 5.82. The second-order valence-electron chi connectivity index (χ2n) is 8.99. The Kier molecular flexibility index (Phi) is 12.3. The van der Waals surface area contributed by atoms with E-state index in [2.05, 4.69) is 16.0 Å². The fourth-order valence-electron chi connectivity index (χ4n) is 3.62. The van der Waals surface area contributed by atoms with Gasteiger partial charge in [-0.25, -0.2) is 4.79 Å². The molecule has 3 rings (SSSR count). The molecule has 214 valence electrons. The molecular formula is C30H32N4O6S. The number of nitrogens with two attached hydrogens (primary N) is 1. The lowest BCUT2D eigenvalue weighted by Gasteiger charge is -2.19. The predicted octanol–water partition coefficient (Wildman–Crippen LogP) is 2.52. The van der Waals surface area contributed by atoms with E-state index in [1.807, 2.05) is 60.7 Å². The van der Waals surface area contributed by atoms with Crippen LogP contribution in [-0.4, -0.2) is 48.0 Å². The Bertz CT molecular complexity index is 1320. The zero-order chi connectivity index (χ0) is 29.5. The Labute approximate surface area is 243 Å². The highest BCUT2D eigenvalue weighted by Gasteiger charge is 2.23. The van der Waals surface area contributed by atoms with E-state index in [-0.39, 0.29) is 44.1 Å². The van der Waals surface area contributed by atoms with Crippen LogP contribution >= 0.6 is 12.2 Å². The maximum Gasteiger partial charge on any atom is 0.408 e. The number of esters is 1. The van der Waals surface area contributed by atoms with E-state index in [0.717, 1.165) is 16.7 Å². The lowest BCUT2D eigenvalue weighted by atomic mass is 10.0. The van der Waals surface area contributed by atoms with E-state index >= 15 is 0 Å². The van der Waals surface area contributed by atoms with Gasteiger partial charge in [0.15, 0.2) is 0 Å². The van der Waals surface area contributed by atoms with Gasteiger partial charge in [-0.15, -0.1) is 0 Å². The Morgan fingerprint density at radius 2 is 1.34 bits per heavy atom. The number of alkyl carbamates (subject to hydrolysis) is 1. The molecule has 1 atom stereocenters. The Balaban J connectivity index is 1.48. The standard InChI is InChI=1S/C30H32N4O6S/c31-28(41)24-13-11-21(12-14-24)17-25(34-30(38)40-20-23-9-5-2-6-10-23)29(37)33-18-26(35)32-16-15-27(36)39-19-22-7-3-1-4-8-22/h1-14,25H,15-20H2,(H2,31,41)(H,32,35)(H,33,37)(H,34,38). The molecule has 0 radical (unpaired) electrons. The smallest absolute Gasteiger partial charge is 0.408 e. The monoisotopic (exact) mass is 576 g/mol. The number of ether oxygens (including phenoxy) is 2. The van der Waals surface area contributed by atoms with Crippen molar-refractivity contribution in [3.05, 3.63) is 107 Å². The van der Waals surface area contributed by atoms with Crippen molar-refractivity contribution >= 4 is 41.1 Å². The first-order chi connectivity index (χ1) is 19.8. The van der Waals surface area contributed by atoms with Crippen LogP contribution in [0.2, 0.25) is 0 Å². The second-order valence-corrected chi connectivity index (χ2v) is 9.43. The highest BCUT2D eigenvalue weighted by molar-refractivity contribution is 7.80. The molecule has 0 aliphatic carbocycles. The minimum absolute atomic E-state index is 0.0216. The van der Waals surface area contributed by atoms with Gasteiger partial charge < -0.3 is 31.2 Å². The van der Waals surface area contributed by atoms with Gasteiger partial charge in [0.25, 0.3) is 0 Å². The lowest BCUT2D eigenvalue weighted by Crippen LogP contribution is -2.50. The average Bonchev–Trinajstić information content (AvgIpc) is 2.98. The van der Waals surface area contributed by atoms with E-state index in [9.17, 15) is 19.2 Å². The predicted molar refractivity (Wildman–Crippen MR) is 156 cm³/mol. The van der Waals surface area contributed by atoms with Crippen LogP contribution in [0.1, 0.15) is 28.7 Å². The molecule has 0 bridgehead atoms. The molecule has 0 aliphatic heterocycles. The minimum atomic E-state index is -1.03. The summed E-state index contributed by atoms with van der Waals surface area (Å²) in [5.74, 6) is -1.55. The van der Waals surface area contributed by atoms with Crippen molar-refractivity contribution in [1.29, 1.82) is 0 Å². The van der Waals surface area contributed by atoms with Crippen molar-refractivity contribution in [3.8, 4) is 0 Å². The van der Waals surface area contributed by atoms with E-state index < -0.39 is 29.9 Å². The molecule has 0 aliphatic rings. The molecular weight excluding hydrogens is 544 g/mol. The van der Waals surface area contributed by atoms with Crippen molar-refractivity contribution in [2.45, 2.75) is 32.1 Å². The van der Waals surface area contributed by atoms with Crippen LogP contribution in [0.5, 0.6) is 0 Å². The third kappa shape index (κ3) is 11.5. The molecule has 41 heavy (non-hydrogen) atoms. The molecule has 3 aromatic rings. The van der Waals surface area contributed by atoms with Gasteiger partial charge in [0, 0.05) is 18.5 Å². The Hall–Kier alpha value is -4.77. The summed E-state index contributed by atoms with van der Waals surface area (Å²) in [5, 5.41) is 7.65. The van der Waals surface area contributed by atoms with Crippen LogP contribution in [0, 0.1) is 0 Å². The first kappa shape index (κ1) is 30.8. The van der Waals surface area contributed by atoms with E-state index in [1.54, 1.807) is 24.3 Å². The zero-order valence-corrected chi connectivity index (χ0v) is 23.2. The Morgan fingerprint density at radius 1 is 0.756 bits per heavy atom. The molecule has 0 saturated carbocycles. The van der Waals surface area contributed by atoms with Crippen molar-refractivity contribution < 1.29 is 28.7 Å². The summed E-state index contributed by atoms with van der Waals surface area (Å²) in [7, 11) is 0. The number of rotatable bonds is 14. The van der Waals surface area contributed by atoms with Crippen LogP contribution in [0.15, 0.2) is 84.9 Å². The number of hydrogen-bond acceptors (Lipinski definition) is 7. The van der Waals surface area contributed by atoms with Crippen molar-refractivity contribution in [2.24, 2.45) is 5.73 Å². The molecule has 3 amide bonds. The summed E-state index contributed by atoms with van der Waals surface area (Å²) in [4.78, 5) is 49.9. The van der Waals surface area contributed by atoms with E-state index in [4.69, 9.17) is 27.4 Å². The molecule has 1 unspecified atom stereocenters. The summed E-state index contributed by atoms with van der Waals surface area (Å²) in [6.07, 6.45) is -0.683. The van der Waals surface area contributed by atoms with Crippen LogP contribution in [0.4, 0.5) is 4.79 Å². The van der Waals surface area contributed by atoms with E-state index in [1.165, 1.54) is 0 Å². The summed E-state index contributed by atoms with van der Waals surface area (Å²) in [5.41, 5.74) is 8.69. The lowest BCUT2D eigenvalue weighted by molar-refractivity contribution is -0.144. The molecule has 0 saturated heterocycles. The molecule has 0 aromatic heterocycles. The summed E-state index contributed by atoms with van der Waals surface area (Å²) < 4.78 is 10.4. The minimum Gasteiger partial charge on any atom is -0.461 e. The van der Waals surface area contributed by atoms with Crippen LogP contribution < -0.4 is 21.7 Å². The number of benzene rings is 3. The van der Waals surface area contributed by atoms with Crippen molar-refractivity contribution in [1.82, 2.24) is 16.0 Å². The second kappa shape index (κ2) is 16.4. The normalized spacial score (nSPS) is 11.0. The third-order valence-corrected chi connectivity index (χ3v) is 6.05. The van der Waals surface area contributed by atoms with Gasteiger partial charge >= 0.3 is 12.1 Å². The first-order valence-corrected chi connectivity index (χ1v) is 13.3. The molecule has 10 nitrogen and oxygen atoms in total. The number of hydrogen-bond donors (Lipinski definition) is 4. The van der Waals surface area contributed by atoms with Crippen molar-refractivity contribution in [3.63, 3.8) is 0 Å². The molecule has 0 fully saturated rings. The number of carbonyl (C=O) groups excluding carboxylic acids is 4. The van der Waals surface area contributed by atoms with Crippen LogP contribution in [0.25, 0.3) is 0 Å². The average molecular weight is 577 g/mol. The van der Waals surface area contributed by atoms with E-state index in [0.29, 0.717) is 5.56 Å². The topological polar surface area (TPSA) is 149 Å². The Morgan fingerprint density at radius 3 is 1.93 bits per heavy atom. The zero-order valence-electron chi connectivity index (χ0n) is 22.3. The van der Waals surface area contributed by atoms with Crippen LogP contribution in [-0.2, 0) is 43.5 Å². The molecule has 11 heteroatoms. The fourth-order valence-corrected chi connectivity index (χ4v) is 3.76. The molecule has 0 heterocycles. The van der Waals surface area contributed by atoms with Crippen molar-refractivity contribution in [2.75, 3.05) is 13.1 Å². The summed E-state index contributed by atoms with van der Waals surface area (Å²) in [6.45, 7) is -0.131. The molecule has 3 aromatic carbocycles. The van der Waals surface area contributed by atoms with Gasteiger partial charge in [-0.1, -0.05) is 97.1 Å². The van der Waals surface area contributed by atoms with Gasteiger partial charge in [-0.3, -0.25) is 14.4 Å². The molecule has 0 spiro atoms. The van der Waals surface area contributed by atoms with Gasteiger partial charge in [-0.05, 0) is 16.7 Å². The van der Waals surface area contributed by atoms with Gasteiger partial charge in [0.2, 0.25) is 11.8 Å². The highest BCUT2D eigenvalue weighted by Crippen LogP contribution is 2.09. The quantitative estimate of drug-likeness (QED) is 0.169. The summed E-state index contributed by atoms with van der Waals surface area (Å²) in [6, 6.07) is 24.2. The molecule has 5 N–H and O–H groups in total. The first-order valence-electron chi connectivity index (χ1n) is 12.9. The fraction of sp³-hybridized carbons (Fsp3) is 0.233. The van der Waals surface area contributed by atoms with Gasteiger partial charge in [0.05, 0.1) is 13.0 Å².